The van der Waals surface area contributed by atoms with Gasteiger partial charge in [-0.2, -0.15) is 0 Å². The fourth-order valence-electron chi connectivity index (χ4n) is 0. The molecule has 0 aliphatic carbocycles. The largest absolute Gasteiger partial charge is 0 e. The van der Waals surface area contributed by atoms with Gasteiger partial charge in [-0.25, -0.2) is 0 Å². The Labute approximate surface area is 94.8 Å². The van der Waals surface area contributed by atoms with Gasteiger partial charge in [-0.15, -0.1) is 0 Å². The van der Waals surface area contributed by atoms with Gasteiger partial charge in [0.1, 0.15) is 0 Å². The Morgan fingerprint density at radius 2 is 0.600 bits per heavy atom. The van der Waals surface area contributed by atoms with Crippen molar-refractivity contribution in [3.8, 4) is 0 Å². The fourth-order valence-corrected chi connectivity index (χ4v) is 0. The first kappa shape index (κ1) is 94.5. The second-order valence-corrected chi connectivity index (χ2v) is 1.68. The number of halogens is 2. The molecule has 0 atom stereocenters. The summed E-state index contributed by atoms with van der Waals surface area (Å²) < 4.78 is 0. The van der Waals surface area contributed by atoms with Crippen LogP contribution in [-0.4, -0.2) is 62.4 Å². The topological polar surface area (TPSA) is 189 Å². The van der Waals surface area contributed by atoms with Crippen LogP contribution in [0.5, 0.6) is 0 Å². The monoisotopic (exact) mass is 259 g/mol. The average Bonchev–Trinajstić information content (AvgIpc) is 0.918. The molecule has 73 valence electrons. The number of hydrogen-bond acceptors (Lipinski definition) is 0. The molecule has 10 heavy (non-hydrogen) atoms. The van der Waals surface area contributed by atoms with Gasteiger partial charge in [0.25, 0.3) is 0 Å². The van der Waals surface area contributed by atoms with E-state index in [0.717, 1.165) is 0 Å². The van der Waals surface area contributed by atoms with Gasteiger partial charge in [-0.3, -0.25) is 0 Å². The van der Waals surface area contributed by atoms with Crippen molar-refractivity contribution in [2.24, 2.45) is 0 Å². The van der Waals surface area contributed by atoms with Gasteiger partial charge in [-0.05, 0) is 0 Å². The Bertz CT molecular complexity index is 15.7. The van der Waals surface area contributed by atoms with Crippen LogP contribution in [0.1, 0.15) is 0 Å². The van der Waals surface area contributed by atoms with Gasteiger partial charge in [0, 0.05) is 29.6 Å². The van der Waals surface area contributed by atoms with Crippen LogP contribution < -0.4 is 0 Å². The van der Waals surface area contributed by atoms with Crippen LogP contribution in [0, 0.1) is 0 Å². The van der Waals surface area contributed by atoms with Crippen LogP contribution >= 0.6 is 20.4 Å². The van der Waals surface area contributed by atoms with Gasteiger partial charge < -0.3 is 32.9 Å². The van der Waals surface area contributed by atoms with Gasteiger partial charge in [-0.1, -0.05) is 0 Å². The van der Waals surface area contributed by atoms with Crippen LogP contribution in [0.2, 0.25) is 0 Å². The molecule has 0 heterocycles. The van der Waals surface area contributed by atoms with Crippen molar-refractivity contribution in [1.82, 2.24) is 0 Å². The van der Waals surface area contributed by atoms with E-state index in [1.165, 1.54) is 0 Å². The minimum atomic E-state index is 0. The molecule has 0 aromatic rings. The molecule has 1 radical (unpaired) electrons. The zero-order chi connectivity index (χ0) is 2.71. The first-order valence-corrected chi connectivity index (χ1v) is 2.96. The minimum absolute atomic E-state index is 0. The van der Waals surface area contributed by atoms with E-state index in [9.17, 15) is 0 Å². The summed E-state index contributed by atoms with van der Waals surface area (Å²) in [4.78, 5) is 0. The summed E-state index contributed by atoms with van der Waals surface area (Å²) in [5.74, 6) is 0. The molecule has 0 saturated carbocycles. The Kier molecular flexibility index (Phi) is 1230. The predicted molar refractivity (Wildman–Crippen MR) is 39.1 cm³/mol. The zero-order valence-electron chi connectivity index (χ0n) is 5.07. The molecule has 0 aliphatic rings. The molecule has 0 aromatic carbocycles. The minimum Gasteiger partial charge on any atom is 0 e. The van der Waals surface area contributed by atoms with E-state index in [2.05, 4.69) is 0 Å². The maximum Gasteiger partial charge on any atom is 0 e. The summed E-state index contributed by atoms with van der Waals surface area (Å²) >= 11 is 0.569. The van der Waals surface area contributed by atoms with Crippen molar-refractivity contribution in [3.63, 3.8) is 0 Å². The first-order chi connectivity index (χ1) is 1.41. The van der Waals surface area contributed by atoms with Crippen LogP contribution in [0.4, 0.5) is 0 Å². The maximum absolute atomic E-state index is 4.70. The summed E-state index contributed by atoms with van der Waals surface area (Å²) in [5, 5.41) is 0. The van der Waals surface area contributed by atoms with Gasteiger partial charge in [0.15, 0.2) is 0 Å². The van der Waals surface area contributed by atoms with Crippen molar-refractivity contribution in [2.45, 2.75) is 0 Å². The predicted octanol–water partition coefficient (Wildman–Crippen LogP) is -3.95. The van der Waals surface area contributed by atoms with E-state index < -0.39 is 0 Å². The Hall–Kier alpha value is 1.83. The van der Waals surface area contributed by atoms with E-state index in [1.807, 2.05) is 0 Å². The molecule has 0 spiro atoms. The van der Waals surface area contributed by atoms with Crippen molar-refractivity contribution < 1.29 is 45.5 Å². The smallest absolute Gasteiger partial charge is 0 e. The third-order valence-corrected chi connectivity index (χ3v) is 0. The number of hydrogen-bond donors (Lipinski definition) is 0. The van der Waals surface area contributed by atoms with Gasteiger partial charge in [0.2, 0.25) is 0 Å². The standard InChI is InChI=1S/2ClH.Na.Ni.6H2O/h2*1H;;;6*1H2/q;;;+2;;;;;;/p-2. The normalized spacial score (nSPS) is 2.20. The van der Waals surface area contributed by atoms with Gasteiger partial charge >= 0.3 is 33.0 Å². The van der Waals surface area contributed by atoms with Crippen molar-refractivity contribution in [2.75, 3.05) is 0 Å². The van der Waals surface area contributed by atoms with E-state index in [0.29, 0.717) is 12.7 Å². The molecule has 0 unspecified atom stereocenters. The molecule has 10 heteroatoms. The molecule has 0 rings (SSSR count). The molecule has 12 N–H and O–H groups in total. The Balaban J connectivity index is -0.000000000952. The van der Waals surface area contributed by atoms with Crippen LogP contribution in [0.25, 0.3) is 0 Å². The second-order valence-electron chi connectivity index (χ2n) is 0.0452. The molecule has 0 aliphatic heterocycles. The molecule has 0 saturated heterocycles. The van der Waals surface area contributed by atoms with E-state index in [-0.39, 0.29) is 62.4 Å². The third kappa shape index (κ3) is 228. The summed E-state index contributed by atoms with van der Waals surface area (Å²) in [5.41, 5.74) is 0. The summed E-state index contributed by atoms with van der Waals surface area (Å²) in [7, 11) is 9.40. The third-order valence-electron chi connectivity index (χ3n) is 0. The molecule has 0 fully saturated rings. The number of rotatable bonds is 0. The molecule has 6 nitrogen and oxygen atoms in total. The molecular formula is H12Cl2NaNiO6. The Morgan fingerprint density at radius 3 is 0.600 bits per heavy atom. The zero-order valence-corrected chi connectivity index (χ0v) is 9.57. The van der Waals surface area contributed by atoms with E-state index >= 15 is 0 Å². The second kappa shape index (κ2) is 130. The first-order valence-electron chi connectivity index (χ1n) is 0.239. The fraction of sp³-hybridized carbons (Fsp3) is 0. The van der Waals surface area contributed by atoms with Gasteiger partial charge in [0.05, 0.1) is 0 Å². The van der Waals surface area contributed by atoms with Crippen molar-refractivity contribution in [3.05, 3.63) is 0 Å². The van der Waals surface area contributed by atoms with Crippen molar-refractivity contribution >= 4 is 49.9 Å². The van der Waals surface area contributed by atoms with E-state index in [1.54, 1.807) is 0 Å². The summed E-state index contributed by atoms with van der Waals surface area (Å²) in [6.45, 7) is 0. The average molecular weight is 261 g/mol. The van der Waals surface area contributed by atoms with Crippen molar-refractivity contribution in [1.29, 1.82) is 0 Å². The van der Waals surface area contributed by atoms with Crippen LogP contribution in [0.15, 0.2) is 0 Å². The van der Waals surface area contributed by atoms with Crippen LogP contribution in [0.3, 0.4) is 0 Å². The van der Waals surface area contributed by atoms with E-state index in [4.69, 9.17) is 20.4 Å². The quantitative estimate of drug-likeness (QED) is 0.384. The molecule has 0 amide bonds. The maximum atomic E-state index is 4.70. The van der Waals surface area contributed by atoms with Crippen LogP contribution in [-0.2, 0) is 12.7 Å². The summed E-state index contributed by atoms with van der Waals surface area (Å²) in [6.07, 6.45) is 0. The Morgan fingerprint density at radius 1 is 0.600 bits per heavy atom. The molecule has 0 aromatic heterocycles. The molecular weight excluding hydrogens is 249 g/mol. The summed E-state index contributed by atoms with van der Waals surface area (Å²) in [6, 6.07) is 0. The molecule has 0 bridgehead atoms. The SMILES string of the molecule is O.O.O.O.O.O.[Cl][Ni][Cl].[Na].